The second-order valence-corrected chi connectivity index (χ2v) is 10.5. The van der Waals surface area contributed by atoms with Crippen molar-refractivity contribution in [1.82, 2.24) is 9.97 Å². The highest BCUT2D eigenvalue weighted by atomic mass is 127. The summed E-state index contributed by atoms with van der Waals surface area (Å²) in [7, 11) is 1.78. The zero-order valence-corrected chi connectivity index (χ0v) is 20.7. The van der Waals surface area contributed by atoms with Gasteiger partial charge in [0, 0.05) is 38.9 Å². The molecule has 1 aromatic carbocycles. The lowest BCUT2D eigenvalue weighted by Crippen LogP contribution is -2.45. The van der Waals surface area contributed by atoms with Gasteiger partial charge in [0.1, 0.15) is 11.2 Å². The first-order chi connectivity index (χ1) is 15.1. The molecule has 0 atom stereocenters. The van der Waals surface area contributed by atoms with Gasteiger partial charge < -0.3 is 9.72 Å². The Morgan fingerprint density at radius 2 is 1.91 bits per heavy atom. The number of rotatable bonds is 3. The number of fused-ring (bicyclic) bond motifs is 3. The monoisotopic (exact) mass is 544 g/mol. The van der Waals surface area contributed by atoms with Crippen LogP contribution in [-0.4, -0.2) is 34.6 Å². The van der Waals surface area contributed by atoms with E-state index in [0.29, 0.717) is 18.0 Å². The summed E-state index contributed by atoms with van der Waals surface area (Å²) in [5.74, 6) is 0.213. The molecule has 8 heteroatoms. The van der Waals surface area contributed by atoms with Gasteiger partial charge in [0.05, 0.1) is 24.0 Å². The molecule has 3 heterocycles. The van der Waals surface area contributed by atoms with Gasteiger partial charge in [0.15, 0.2) is 0 Å². The average molecular weight is 544 g/mol. The van der Waals surface area contributed by atoms with Crippen molar-refractivity contribution in [2.75, 3.05) is 16.8 Å². The Bertz CT molecular complexity index is 1240. The number of carbonyl (C=O) groups is 2. The number of carbonyl (C=O) groups excluding carboxylic acids is 2. The Balaban J connectivity index is 1.50. The first kappa shape index (κ1) is 21.2. The number of pyridine rings is 1. The number of hydrogen-bond acceptors (Lipinski definition) is 4. The third-order valence-electron chi connectivity index (χ3n) is 5.87. The van der Waals surface area contributed by atoms with Crippen molar-refractivity contribution in [3.63, 3.8) is 0 Å². The van der Waals surface area contributed by atoms with E-state index in [1.54, 1.807) is 47.3 Å². The lowest BCUT2D eigenvalue weighted by atomic mass is 10.1. The average Bonchev–Trinajstić information content (AvgIpc) is 3.52. The fourth-order valence-electron chi connectivity index (χ4n) is 4.12. The summed E-state index contributed by atoms with van der Waals surface area (Å²) in [5, 5.41) is 1.10. The quantitative estimate of drug-likeness (QED) is 0.345. The van der Waals surface area contributed by atoms with Gasteiger partial charge in [-0.1, -0.05) is 0 Å². The first-order valence-electron chi connectivity index (χ1n) is 10.7. The normalized spacial score (nSPS) is 16.5. The number of aromatic amines is 1. The molecule has 0 saturated heterocycles. The topological polar surface area (TPSA) is 78.5 Å². The lowest BCUT2D eigenvalue weighted by Gasteiger charge is -2.35. The number of urea groups is 1. The maximum Gasteiger partial charge on any atom is 0.338 e. The van der Waals surface area contributed by atoms with Crippen molar-refractivity contribution in [2.24, 2.45) is 0 Å². The lowest BCUT2D eigenvalue weighted by molar-refractivity contribution is 0.00695. The third-order valence-corrected chi connectivity index (χ3v) is 6.99. The molecule has 2 aromatic heterocycles. The molecule has 32 heavy (non-hydrogen) atoms. The van der Waals surface area contributed by atoms with Gasteiger partial charge in [0.25, 0.3) is 0 Å². The number of amides is 2. The van der Waals surface area contributed by atoms with Crippen LogP contribution < -0.4 is 9.80 Å². The van der Waals surface area contributed by atoms with E-state index in [2.05, 4.69) is 32.6 Å². The second kappa shape index (κ2) is 7.47. The van der Waals surface area contributed by atoms with Crippen molar-refractivity contribution >= 4 is 57.0 Å². The molecule has 1 fully saturated rings. The van der Waals surface area contributed by atoms with Gasteiger partial charge in [-0.05, 0) is 80.5 Å². The van der Waals surface area contributed by atoms with Gasteiger partial charge >= 0.3 is 12.0 Å². The van der Waals surface area contributed by atoms with Crippen LogP contribution in [0.1, 0.15) is 61.1 Å². The fraction of sp³-hybridized carbons (Fsp3) is 0.375. The highest BCUT2D eigenvalue weighted by Crippen LogP contribution is 2.45. The minimum absolute atomic E-state index is 0.128. The van der Waals surface area contributed by atoms with Gasteiger partial charge in [-0.3, -0.25) is 9.80 Å². The van der Waals surface area contributed by atoms with Crippen molar-refractivity contribution < 1.29 is 14.3 Å². The van der Waals surface area contributed by atoms with Crippen LogP contribution in [0.5, 0.6) is 0 Å². The van der Waals surface area contributed by atoms with Crippen LogP contribution in [-0.2, 0) is 11.3 Å². The Hall–Kier alpha value is -2.62. The molecule has 0 bridgehead atoms. The number of ether oxygens (including phenoxy) is 1. The van der Waals surface area contributed by atoms with Crippen LogP contribution in [0.25, 0.3) is 11.0 Å². The second-order valence-electron chi connectivity index (χ2n) is 9.45. The largest absolute Gasteiger partial charge is 0.456 e. The van der Waals surface area contributed by atoms with Crippen LogP contribution >= 0.6 is 22.6 Å². The summed E-state index contributed by atoms with van der Waals surface area (Å²) < 4.78 is 6.64. The molecule has 0 unspecified atom stereocenters. The molecular formula is C24H25IN4O3. The molecular weight excluding hydrogens is 519 g/mol. The van der Waals surface area contributed by atoms with Gasteiger partial charge in [-0.25, -0.2) is 14.6 Å². The number of esters is 1. The molecule has 1 aliphatic heterocycles. The number of H-pyrrole nitrogens is 1. The molecule has 5 rings (SSSR count). The maximum absolute atomic E-state index is 13.2. The summed E-state index contributed by atoms with van der Waals surface area (Å²) in [6.45, 7) is 5.96. The van der Waals surface area contributed by atoms with E-state index < -0.39 is 5.60 Å². The number of hydrogen-bond donors (Lipinski definition) is 1. The Labute approximate surface area is 200 Å². The smallest absolute Gasteiger partial charge is 0.338 e. The Kier molecular flexibility index (Phi) is 4.96. The zero-order valence-electron chi connectivity index (χ0n) is 18.5. The molecule has 0 spiro atoms. The summed E-state index contributed by atoms with van der Waals surface area (Å²) in [5.41, 5.74) is 4.69. The van der Waals surface area contributed by atoms with Crippen molar-refractivity contribution in [2.45, 2.75) is 51.7 Å². The molecule has 166 valence electrons. The SMILES string of the molecule is CN1C(=O)N(c2ccc(C(=O)OC(C)(C)C)cc2)Cc2c1cnc1[nH]c(C3CC3)c(I)c21. The molecule has 3 aromatic rings. The molecule has 1 saturated carbocycles. The molecule has 7 nitrogen and oxygen atoms in total. The van der Waals surface area contributed by atoms with Crippen molar-refractivity contribution in [1.29, 1.82) is 0 Å². The van der Waals surface area contributed by atoms with E-state index in [0.717, 1.165) is 28.0 Å². The van der Waals surface area contributed by atoms with E-state index in [4.69, 9.17) is 4.74 Å². The third kappa shape index (κ3) is 3.64. The van der Waals surface area contributed by atoms with E-state index in [1.165, 1.54) is 22.1 Å². The summed E-state index contributed by atoms with van der Waals surface area (Å²) in [6.07, 6.45) is 4.20. The van der Waals surface area contributed by atoms with E-state index in [9.17, 15) is 9.59 Å². The predicted octanol–water partition coefficient (Wildman–Crippen LogP) is 5.58. The minimum Gasteiger partial charge on any atom is -0.456 e. The van der Waals surface area contributed by atoms with Gasteiger partial charge in [-0.2, -0.15) is 0 Å². The number of benzene rings is 1. The van der Waals surface area contributed by atoms with Crippen LogP contribution in [0.2, 0.25) is 0 Å². The standard InChI is InChI=1S/C24H25IN4O3/c1-24(2,3)32-22(30)14-7-9-15(10-8-14)29-12-16-17(28(4)23(29)31)11-26-21-18(16)19(25)20(27-21)13-5-6-13/h7-11,13H,5-6,12H2,1-4H3,(H,26,27). The van der Waals surface area contributed by atoms with Gasteiger partial charge in [-0.15, -0.1) is 0 Å². The summed E-state index contributed by atoms with van der Waals surface area (Å²) in [4.78, 5) is 37.0. The number of halogens is 1. The fourth-order valence-corrected chi connectivity index (χ4v) is 5.27. The molecule has 1 aliphatic carbocycles. The Morgan fingerprint density at radius 1 is 1.22 bits per heavy atom. The summed E-state index contributed by atoms with van der Waals surface area (Å²) >= 11 is 2.41. The number of nitrogens with one attached hydrogen (secondary N) is 1. The van der Waals surface area contributed by atoms with E-state index in [-0.39, 0.29) is 12.0 Å². The molecule has 2 amide bonds. The highest BCUT2D eigenvalue weighted by molar-refractivity contribution is 14.1. The predicted molar refractivity (Wildman–Crippen MR) is 132 cm³/mol. The minimum atomic E-state index is -0.558. The Morgan fingerprint density at radius 3 is 2.53 bits per heavy atom. The van der Waals surface area contributed by atoms with Crippen molar-refractivity contribution in [3.8, 4) is 0 Å². The van der Waals surface area contributed by atoms with Crippen molar-refractivity contribution in [3.05, 3.63) is 50.9 Å². The molecule has 2 aliphatic rings. The first-order valence-corrected chi connectivity index (χ1v) is 11.8. The van der Waals surface area contributed by atoms with Crippen LogP contribution in [0.15, 0.2) is 30.5 Å². The van der Waals surface area contributed by atoms with Crippen LogP contribution in [0.4, 0.5) is 16.2 Å². The highest BCUT2D eigenvalue weighted by Gasteiger charge is 2.34. The van der Waals surface area contributed by atoms with E-state index >= 15 is 0 Å². The molecule has 0 radical (unpaired) electrons. The zero-order chi connectivity index (χ0) is 22.8. The van der Waals surface area contributed by atoms with Crippen LogP contribution in [0, 0.1) is 3.57 Å². The molecule has 1 N–H and O–H groups in total. The van der Waals surface area contributed by atoms with E-state index in [1.807, 2.05) is 20.8 Å². The number of anilines is 2. The van der Waals surface area contributed by atoms with Gasteiger partial charge in [0.2, 0.25) is 0 Å². The number of aromatic nitrogens is 2. The maximum atomic E-state index is 13.2. The number of nitrogens with zero attached hydrogens (tertiary/aromatic N) is 3. The van der Waals surface area contributed by atoms with Crippen LogP contribution in [0.3, 0.4) is 0 Å². The summed E-state index contributed by atoms with van der Waals surface area (Å²) in [6, 6.07) is 6.88.